The molecule has 0 nitrogen and oxygen atoms in total. The Morgan fingerprint density at radius 2 is 1.07 bits per heavy atom. The molecule has 2 rings (SSSR count). The normalized spacial score (nSPS) is 13.8. The zero-order valence-electron chi connectivity index (χ0n) is 18.8. The van der Waals surface area contributed by atoms with Crippen molar-refractivity contribution in [2.24, 2.45) is 5.92 Å². The van der Waals surface area contributed by atoms with Crippen LogP contribution in [0.2, 0.25) is 0 Å². The summed E-state index contributed by atoms with van der Waals surface area (Å²) < 4.78 is 0. The Kier molecular flexibility index (Phi) is 7.32. The Morgan fingerprint density at radius 3 is 1.37 bits per heavy atom. The molecule has 0 spiro atoms. The topological polar surface area (TPSA) is 0 Å². The predicted molar refractivity (Wildman–Crippen MR) is 125 cm³/mol. The van der Waals surface area contributed by atoms with E-state index in [9.17, 15) is 0 Å². The van der Waals surface area contributed by atoms with Crippen molar-refractivity contribution in [3.05, 3.63) is 59.7 Å². The third kappa shape index (κ3) is 6.18. The molecule has 0 bridgehead atoms. The van der Waals surface area contributed by atoms with Crippen molar-refractivity contribution in [3.63, 3.8) is 0 Å². The zero-order valence-corrected chi connectivity index (χ0v) is 19.7. The molecule has 0 N–H and O–H groups in total. The van der Waals surface area contributed by atoms with Gasteiger partial charge in [0, 0.05) is 0 Å². The highest BCUT2D eigenvalue weighted by Crippen LogP contribution is 2.37. The van der Waals surface area contributed by atoms with Gasteiger partial charge < -0.3 is 0 Å². The van der Waals surface area contributed by atoms with Crippen LogP contribution in [0.1, 0.15) is 79.4 Å². The minimum absolute atomic E-state index is 0.215. The molecule has 0 saturated heterocycles. The molecule has 0 aliphatic heterocycles. The van der Waals surface area contributed by atoms with E-state index < -0.39 is 0 Å². The summed E-state index contributed by atoms with van der Waals surface area (Å²) in [6, 6.07) is 18.9. The lowest BCUT2D eigenvalue weighted by Gasteiger charge is -2.24. The van der Waals surface area contributed by atoms with Crippen LogP contribution < -0.4 is 10.6 Å². The Morgan fingerprint density at radius 1 is 0.704 bits per heavy atom. The van der Waals surface area contributed by atoms with E-state index in [1.807, 2.05) is 0 Å². The van der Waals surface area contributed by atoms with Crippen molar-refractivity contribution in [1.82, 2.24) is 0 Å². The molecule has 0 aromatic heterocycles. The maximum atomic E-state index is 2.39. The molecule has 0 aliphatic carbocycles. The maximum Gasteiger partial charge on any atom is -0.0132 e. The second-order valence-electron chi connectivity index (χ2n) is 10.0. The van der Waals surface area contributed by atoms with E-state index in [2.05, 4.69) is 104 Å². The van der Waals surface area contributed by atoms with Gasteiger partial charge in [-0.15, -0.1) is 0 Å². The van der Waals surface area contributed by atoms with E-state index in [-0.39, 0.29) is 18.8 Å². The van der Waals surface area contributed by atoms with Gasteiger partial charge in [-0.2, -0.15) is 0 Å². The number of rotatable bonds is 6. The van der Waals surface area contributed by atoms with Gasteiger partial charge in [0.05, 0.1) is 0 Å². The van der Waals surface area contributed by atoms with Gasteiger partial charge in [-0.05, 0) is 59.0 Å². The molecule has 2 aromatic rings. The molecular weight excluding hydrogens is 343 g/mol. The lowest BCUT2D eigenvalue weighted by atomic mass is 9.87. The Labute approximate surface area is 169 Å². The molecule has 0 radical (unpaired) electrons. The van der Waals surface area contributed by atoms with Crippen LogP contribution in [-0.4, -0.2) is 6.16 Å². The molecule has 27 heavy (non-hydrogen) atoms. The van der Waals surface area contributed by atoms with Gasteiger partial charge >= 0.3 is 0 Å². The molecular formula is C26H39P. The molecule has 0 saturated carbocycles. The summed E-state index contributed by atoms with van der Waals surface area (Å²) >= 11 is 0. The van der Waals surface area contributed by atoms with Gasteiger partial charge in [-0.25, -0.2) is 0 Å². The van der Waals surface area contributed by atoms with Gasteiger partial charge in [-0.1, -0.05) is 110 Å². The third-order valence-corrected chi connectivity index (χ3v) is 8.18. The molecule has 1 atom stereocenters. The van der Waals surface area contributed by atoms with Crippen LogP contribution in [0.25, 0.3) is 0 Å². The summed E-state index contributed by atoms with van der Waals surface area (Å²) in [6.07, 6.45) is 3.87. The zero-order chi connectivity index (χ0) is 20.2. The van der Waals surface area contributed by atoms with Gasteiger partial charge in [0.15, 0.2) is 0 Å². The van der Waals surface area contributed by atoms with Crippen molar-refractivity contribution in [1.29, 1.82) is 0 Å². The Balaban J connectivity index is 2.33. The Hall–Kier alpha value is -1.13. The van der Waals surface area contributed by atoms with Crippen molar-refractivity contribution < 1.29 is 0 Å². The van der Waals surface area contributed by atoms with Crippen LogP contribution in [-0.2, 0) is 10.8 Å². The minimum atomic E-state index is -0.286. The summed E-state index contributed by atoms with van der Waals surface area (Å²) in [4.78, 5) is 0. The molecule has 0 fully saturated rings. The minimum Gasteiger partial charge on any atom is -0.0651 e. The summed E-state index contributed by atoms with van der Waals surface area (Å²) in [7, 11) is -0.286. The average Bonchev–Trinajstić information content (AvgIpc) is 2.61. The summed E-state index contributed by atoms with van der Waals surface area (Å²) in [5.41, 5.74) is 3.27. The molecule has 1 heteroatoms. The number of benzene rings is 2. The van der Waals surface area contributed by atoms with Gasteiger partial charge in [0.2, 0.25) is 0 Å². The first kappa shape index (κ1) is 22.2. The fourth-order valence-corrected chi connectivity index (χ4v) is 5.78. The standard InChI is InChI=1S/C26H39P/c1-9-20(2)18-19-27(23-14-10-21(11-15-23)25(3,4)5)24-16-12-22(13-17-24)26(6,7)8/h10-17,20H,9,18-19H2,1-8H3. The van der Waals surface area contributed by atoms with Gasteiger partial charge in [0.25, 0.3) is 0 Å². The first-order chi connectivity index (χ1) is 12.5. The van der Waals surface area contributed by atoms with E-state index >= 15 is 0 Å². The highest BCUT2D eigenvalue weighted by molar-refractivity contribution is 7.73. The van der Waals surface area contributed by atoms with E-state index in [1.165, 1.54) is 40.7 Å². The van der Waals surface area contributed by atoms with E-state index in [4.69, 9.17) is 0 Å². The first-order valence-electron chi connectivity index (χ1n) is 10.5. The maximum absolute atomic E-state index is 2.39. The summed E-state index contributed by atoms with van der Waals surface area (Å²) in [5, 5.41) is 3.04. The first-order valence-corrected chi connectivity index (χ1v) is 12.0. The van der Waals surface area contributed by atoms with Crippen LogP contribution in [0, 0.1) is 5.92 Å². The van der Waals surface area contributed by atoms with Crippen LogP contribution in [0.5, 0.6) is 0 Å². The number of hydrogen-bond acceptors (Lipinski definition) is 0. The largest absolute Gasteiger partial charge is 0.0651 e. The van der Waals surface area contributed by atoms with Crippen molar-refractivity contribution in [2.75, 3.05) is 6.16 Å². The smallest absolute Gasteiger partial charge is 0.0132 e. The van der Waals surface area contributed by atoms with Gasteiger partial charge in [0.1, 0.15) is 0 Å². The molecule has 0 amide bonds. The highest BCUT2D eigenvalue weighted by atomic mass is 31.1. The van der Waals surface area contributed by atoms with Crippen molar-refractivity contribution >= 4 is 18.5 Å². The quantitative estimate of drug-likeness (QED) is 0.465. The molecule has 2 aromatic carbocycles. The Bertz CT molecular complexity index is 638. The van der Waals surface area contributed by atoms with Crippen LogP contribution in [0.3, 0.4) is 0 Å². The van der Waals surface area contributed by atoms with Crippen LogP contribution in [0.15, 0.2) is 48.5 Å². The van der Waals surface area contributed by atoms with Crippen LogP contribution in [0.4, 0.5) is 0 Å². The predicted octanol–water partition coefficient (Wildman–Crippen LogP) is 7.15. The van der Waals surface area contributed by atoms with Gasteiger partial charge in [-0.3, -0.25) is 0 Å². The lowest BCUT2D eigenvalue weighted by Crippen LogP contribution is -2.18. The molecule has 1 unspecified atom stereocenters. The fraction of sp³-hybridized carbons (Fsp3) is 0.538. The molecule has 0 heterocycles. The fourth-order valence-electron chi connectivity index (χ4n) is 3.24. The SMILES string of the molecule is CCC(C)CCP(c1ccc(C(C)(C)C)cc1)c1ccc(C(C)(C)C)cc1. The van der Waals surface area contributed by atoms with E-state index in [1.54, 1.807) is 0 Å². The molecule has 148 valence electrons. The van der Waals surface area contributed by atoms with Crippen molar-refractivity contribution in [3.8, 4) is 0 Å². The third-order valence-electron chi connectivity index (χ3n) is 5.63. The summed E-state index contributed by atoms with van der Waals surface area (Å²) in [6.45, 7) is 18.4. The van der Waals surface area contributed by atoms with Crippen molar-refractivity contribution in [2.45, 2.75) is 79.1 Å². The second kappa shape index (κ2) is 8.91. The second-order valence-corrected chi connectivity index (χ2v) is 12.4. The van der Waals surface area contributed by atoms with E-state index in [0.717, 1.165) is 5.92 Å². The average molecular weight is 383 g/mol. The lowest BCUT2D eigenvalue weighted by molar-refractivity contribution is 0.548. The highest BCUT2D eigenvalue weighted by Gasteiger charge is 2.19. The molecule has 0 aliphatic rings. The van der Waals surface area contributed by atoms with E-state index in [0.29, 0.717) is 0 Å². The summed E-state index contributed by atoms with van der Waals surface area (Å²) in [5.74, 6) is 0.803. The van der Waals surface area contributed by atoms with Crippen LogP contribution >= 0.6 is 7.92 Å². The number of hydrogen-bond donors (Lipinski definition) is 0. The monoisotopic (exact) mass is 382 g/mol.